The molecule has 13 heavy (non-hydrogen) atoms. The molecule has 5 nitrogen and oxygen atoms in total. The number of methoxy groups -OCH3 is 1. The smallest absolute Gasteiger partial charge is 0.139 e. The van der Waals surface area contributed by atoms with Gasteiger partial charge in [0.1, 0.15) is 5.84 Å². The van der Waals surface area contributed by atoms with E-state index in [-0.39, 0.29) is 5.84 Å². The van der Waals surface area contributed by atoms with Crippen molar-refractivity contribution in [1.29, 1.82) is 0 Å². The molecule has 1 atom stereocenters. The molecule has 4 N–H and O–H groups in total. The van der Waals surface area contributed by atoms with Gasteiger partial charge in [0.05, 0.1) is 6.61 Å². The quantitative estimate of drug-likeness (QED) is 0.175. The second kappa shape index (κ2) is 7.82. The minimum absolute atomic E-state index is 0.279. The summed E-state index contributed by atoms with van der Waals surface area (Å²) in [5, 5.41) is 14.4. The van der Waals surface area contributed by atoms with Crippen molar-refractivity contribution < 1.29 is 9.94 Å². The molecule has 0 bridgehead atoms. The SMILES string of the molecule is COCC(C)NCCCC(N)=NO. The standard InChI is InChI=1S/C8H19N3O2/c1-7(6-13-2)10-5-3-4-8(9)11-12/h7,10,12H,3-6H2,1-2H3,(H2,9,11). The van der Waals surface area contributed by atoms with E-state index in [2.05, 4.69) is 10.5 Å². The van der Waals surface area contributed by atoms with Crippen LogP contribution in [0.4, 0.5) is 0 Å². The van der Waals surface area contributed by atoms with Gasteiger partial charge in [-0.3, -0.25) is 0 Å². The molecule has 0 aromatic heterocycles. The van der Waals surface area contributed by atoms with Gasteiger partial charge in [-0.1, -0.05) is 5.16 Å². The molecule has 0 aliphatic heterocycles. The van der Waals surface area contributed by atoms with Gasteiger partial charge >= 0.3 is 0 Å². The van der Waals surface area contributed by atoms with Gasteiger partial charge in [-0.15, -0.1) is 0 Å². The highest BCUT2D eigenvalue weighted by molar-refractivity contribution is 5.79. The third-order valence-electron chi connectivity index (χ3n) is 1.65. The lowest BCUT2D eigenvalue weighted by atomic mass is 10.2. The average molecular weight is 189 g/mol. The summed E-state index contributed by atoms with van der Waals surface area (Å²) >= 11 is 0. The van der Waals surface area contributed by atoms with Crippen molar-refractivity contribution in [3.63, 3.8) is 0 Å². The van der Waals surface area contributed by atoms with Crippen molar-refractivity contribution >= 4 is 5.84 Å². The molecule has 0 rings (SSSR count). The highest BCUT2D eigenvalue weighted by Gasteiger charge is 1.99. The van der Waals surface area contributed by atoms with Crippen LogP contribution in [0.25, 0.3) is 0 Å². The molecule has 78 valence electrons. The zero-order chi connectivity index (χ0) is 10.1. The lowest BCUT2D eigenvalue weighted by Crippen LogP contribution is -2.31. The van der Waals surface area contributed by atoms with Crippen LogP contribution in [-0.2, 0) is 4.74 Å². The highest BCUT2D eigenvalue weighted by Crippen LogP contribution is 1.89. The van der Waals surface area contributed by atoms with Crippen molar-refractivity contribution in [3.05, 3.63) is 0 Å². The summed E-state index contributed by atoms with van der Waals surface area (Å²) in [5.41, 5.74) is 5.30. The molecular weight excluding hydrogens is 170 g/mol. The molecule has 0 aliphatic carbocycles. The first-order chi connectivity index (χ1) is 6.20. The Kier molecular flexibility index (Phi) is 7.33. The molecule has 0 aliphatic rings. The zero-order valence-electron chi connectivity index (χ0n) is 8.29. The molecule has 0 radical (unpaired) electrons. The van der Waals surface area contributed by atoms with Crippen LogP contribution >= 0.6 is 0 Å². The molecule has 0 amide bonds. The lowest BCUT2D eigenvalue weighted by molar-refractivity contribution is 0.172. The van der Waals surface area contributed by atoms with Crippen LogP contribution in [0.15, 0.2) is 5.16 Å². The van der Waals surface area contributed by atoms with Crippen LogP contribution < -0.4 is 11.1 Å². The first-order valence-electron chi connectivity index (χ1n) is 4.39. The van der Waals surface area contributed by atoms with Gasteiger partial charge in [0.25, 0.3) is 0 Å². The maximum Gasteiger partial charge on any atom is 0.139 e. The maximum atomic E-state index is 8.25. The van der Waals surface area contributed by atoms with Gasteiger partial charge in [0.2, 0.25) is 0 Å². The van der Waals surface area contributed by atoms with E-state index in [0.29, 0.717) is 19.1 Å². The van der Waals surface area contributed by atoms with Gasteiger partial charge in [0, 0.05) is 19.6 Å². The van der Waals surface area contributed by atoms with E-state index < -0.39 is 0 Å². The predicted molar refractivity (Wildman–Crippen MR) is 52.0 cm³/mol. The normalized spacial score (nSPS) is 14.5. The molecule has 0 fully saturated rings. The van der Waals surface area contributed by atoms with E-state index >= 15 is 0 Å². The summed E-state index contributed by atoms with van der Waals surface area (Å²) in [6, 6.07) is 0.345. The Hall–Kier alpha value is -0.810. The van der Waals surface area contributed by atoms with E-state index in [1.165, 1.54) is 0 Å². The van der Waals surface area contributed by atoms with Crippen molar-refractivity contribution in [2.75, 3.05) is 20.3 Å². The second-order valence-electron chi connectivity index (χ2n) is 3.01. The van der Waals surface area contributed by atoms with Crippen LogP contribution in [0.3, 0.4) is 0 Å². The van der Waals surface area contributed by atoms with Crippen molar-refractivity contribution in [3.8, 4) is 0 Å². The zero-order valence-corrected chi connectivity index (χ0v) is 8.29. The van der Waals surface area contributed by atoms with Crippen molar-refractivity contribution in [2.45, 2.75) is 25.8 Å². The van der Waals surface area contributed by atoms with E-state index in [1.54, 1.807) is 7.11 Å². The Labute approximate surface area is 78.9 Å². The second-order valence-corrected chi connectivity index (χ2v) is 3.01. The molecule has 0 spiro atoms. The molecular formula is C8H19N3O2. The Bertz CT molecular complexity index is 150. The molecule has 0 saturated carbocycles. The fraction of sp³-hybridized carbons (Fsp3) is 0.875. The summed E-state index contributed by atoms with van der Waals surface area (Å²) in [4.78, 5) is 0. The number of hydrogen-bond acceptors (Lipinski definition) is 4. The van der Waals surface area contributed by atoms with Gasteiger partial charge in [0.15, 0.2) is 0 Å². The average Bonchev–Trinajstić information content (AvgIpc) is 2.12. The summed E-state index contributed by atoms with van der Waals surface area (Å²) in [7, 11) is 1.68. The van der Waals surface area contributed by atoms with E-state index in [9.17, 15) is 0 Å². The number of rotatable bonds is 7. The summed E-state index contributed by atoms with van der Waals surface area (Å²) in [5.74, 6) is 0.279. The van der Waals surface area contributed by atoms with Gasteiger partial charge in [-0.2, -0.15) is 0 Å². The fourth-order valence-electron chi connectivity index (χ4n) is 0.977. The number of amidine groups is 1. The van der Waals surface area contributed by atoms with Crippen LogP contribution in [0.2, 0.25) is 0 Å². The summed E-state index contributed by atoms with van der Waals surface area (Å²) in [6.45, 7) is 3.59. The number of nitrogens with zero attached hydrogens (tertiary/aromatic N) is 1. The molecule has 1 unspecified atom stereocenters. The largest absolute Gasteiger partial charge is 0.409 e. The molecule has 0 heterocycles. The minimum atomic E-state index is 0.279. The third kappa shape index (κ3) is 7.55. The monoisotopic (exact) mass is 189 g/mol. The van der Waals surface area contributed by atoms with Gasteiger partial charge in [-0.25, -0.2) is 0 Å². The first kappa shape index (κ1) is 12.2. The Morgan fingerprint density at radius 3 is 2.92 bits per heavy atom. The van der Waals surface area contributed by atoms with E-state index in [4.69, 9.17) is 15.7 Å². The summed E-state index contributed by atoms with van der Waals surface area (Å²) in [6.07, 6.45) is 1.48. The third-order valence-corrected chi connectivity index (χ3v) is 1.65. The predicted octanol–water partition coefficient (Wildman–Crippen LogP) is 0.138. The molecule has 5 heteroatoms. The Morgan fingerprint density at radius 2 is 2.38 bits per heavy atom. The Morgan fingerprint density at radius 1 is 1.69 bits per heavy atom. The van der Waals surface area contributed by atoms with Crippen LogP contribution in [0, 0.1) is 0 Å². The van der Waals surface area contributed by atoms with E-state index in [0.717, 1.165) is 13.0 Å². The first-order valence-corrected chi connectivity index (χ1v) is 4.39. The van der Waals surface area contributed by atoms with E-state index in [1.807, 2.05) is 6.92 Å². The van der Waals surface area contributed by atoms with Crippen LogP contribution in [0.5, 0.6) is 0 Å². The van der Waals surface area contributed by atoms with Crippen molar-refractivity contribution in [2.24, 2.45) is 10.9 Å². The Balaban J connectivity index is 3.25. The number of nitrogens with two attached hydrogens (primary N) is 1. The molecule has 0 saturated heterocycles. The highest BCUT2D eigenvalue weighted by atomic mass is 16.5. The lowest BCUT2D eigenvalue weighted by Gasteiger charge is -2.11. The number of ether oxygens (including phenoxy) is 1. The molecule has 0 aromatic rings. The fourth-order valence-corrected chi connectivity index (χ4v) is 0.977. The topological polar surface area (TPSA) is 79.9 Å². The van der Waals surface area contributed by atoms with Crippen LogP contribution in [0.1, 0.15) is 19.8 Å². The summed E-state index contributed by atoms with van der Waals surface area (Å²) < 4.78 is 4.95. The van der Waals surface area contributed by atoms with Crippen LogP contribution in [-0.4, -0.2) is 37.3 Å². The van der Waals surface area contributed by atoms with Gasteiger partial charge < -0.3 is 21.0 Å². The minimum Gasteiger partial charge on any atom is -0.409 e. The van der Waals surface area contributed by atoms with Gasteiger partial charge in [-0.05, 0) is 19.9 Å². The molecule has 0 aromatic carbocycles. The van der Waals surface area contributed by atoms with Crippen molar-refractivity contribution in [1.82, 2.24) is 5.32 Å². The number of hydrogen-bond donors (Lipinski definition) is 3. The number of nitrogens with one attached hydrogen (secondary N) is 1. The maximum absolute atomic E-state index is 8.25. The number of oxime groups is 1.